The quantitative estimate of drug-likeness (QED) is 0.629. The number of carbonyl (C=O) groups is 2. The lowest BCUT2D eigenvalue weighted by Crippen LogP contribution is -2.21. The van der Waals surface area contributed by atoms with Gasteiger partial charge in [0.25, 0.3) is 0 Å². The molecule has 2 N–H and O–H groups in total. The molecule has 158 valence electrons. The second kappa shape index (κ2) is 8.54. The number of fused-ring (bicyclic) bond motifs is 2. The molecule has 3 aromatic rings. The number of hydrogen-bond acceptors (Lipinski definition) is 5. The summed E-state index contributed by atoms with van der Waals surface area (Å²) >= 11 is 0. The van der Waals surface area contributed by atoms with Gasteiger partial charge in [-0.1, -0.05) is 18.2 Å². The third kappa shape index (κ3) is 4.95. The van der Waals surface area contributed by atoms with E-state index in [0.29, 0.717) is 5.56 Å². The highest BCUT2D eigenvalue weighted by atomic mass is 19.4. The normalized spacial score (nSPS) is 13.5. The number of alkyl halides is 3. The molecule has 1 aliphatic heterocycles. The van der Waals surface area contributed by atoms with E-state index < -0.39 is 12.1 Å². The van der Waals surface area contributed by atoms with Crippen LogP contribution in [0, 0.1) is 0 Å². The number of rotatable bonds is 3. The second-order valence-corrected chi connectivity index (χ2v) is 6.78. The molecule has 0 radical (unpaired) electrons. The number of benzene rings is 1. The van der Waals surface area contributed by atoms with Crippen molar-refractivity contribution in [3.63, 3.8) is 0 Å². The summed E-state index contributed by atoms with van der Waals surface area (Å²) in [5.41, 5.74) is 5.01. The second-order valence-electron chi connectivity index (χ2n) is 6.78. The van der Waals surface area contributed by atoms with E-state index in [1.165, 1.54) is 11.1 Å². The summed E-state index contributed by atoms with van der Waals surface area (Å²) in [5.74, 6) is -3.10. The first-order valence-electron chi connectivity index (χ1n) is 8.82. The molecule has 0 atom stereocenters. The molecule has 0 saturated heterocycles. The van der Waals surface area contributed by atoms with E-state index in [1.807, 2.05) is 12.1 Å². The van der Waals surface area contributed by atoms with E-state index in [0.717, 1.165) is 29.6 Å². The van der Waals surface area contributed by atoms with Gasteiger partial charge in [-0.3, -0.25) is 9.88 Å². The molecular formula is C20H18F3N3O4. The van der Waals surface area contributed by atoms with Gasteiger partial charge >= 0.3 is 18.1 Å². The first kappa shape index (κ1) is 21.3. The van der Waals surface area contributed by atoms with Crippen molar-refractivity contribution in [2.24, 2.45) is 0 Å². The monoisotopic (exact) mass is 421 g/mol. The minimum Gasteiger partial charge on any atom is -0.475 e. The summed E-state index contributed by atoms with van der Waals surface area (Å²) in [5, 5.41) is 7.96. The van der Waals surface area contributed by atoms with Crippen molar-refractivity contribution in [1.82, 2.24) is 14.9 Å². The highest BCUT2D eigenvalue weighted by Crippen LogP contribution is 2.23. The van der Waals surface area contributed by atoms with Gasteiger partial charge in [0.05, 0.1) is 17.3 Å². The van der Waals surface area contributed by atoms with E-state index in [9.17, 15) is 18.0 Å². The number of carboxylic acids is 1. The highest BCUT2D eigenvalue weighted by molar-refractivity contribution is 6.03. The van der Waals surface area contributed by atoms with Crippen molar-refractivity contribution in [2.45, 2.75) is 25.9 Å². The van der Waals surface area contributed by atoms with Crippen LogP contribution in [-0.4, -0.2) is 45.1 Å². The number of pyridine rings is 1. The van der Waals surface area contributed by atoms with Gasteiger partial charge in [0.2, 0.25) is 0 Å². The van der Waals surface area contributed by atoms with Gasteiger partial charge < -0.3 is 14.8 Å². The van der Waals surface area contributed by atoms with E-state index in [1.54, 1.807) is 18.6 Å². The Balaban J connectivity index is 0.000000318. The van der Waals surface area contributed by atoms with Gasteiger partial charge in [-0.25, -0.2) is 9.59 Å². The molecule has 0 bridgehead atoms. The summed E-state index contributed by atoms with van der Waals surface area (Å²) in [6, 6.07) is 8.14. The Labute approximate surface area is 169 Å². The van der Waals surface area contributed by atoms with Crippen LogP contribution in [0.1, 0.15) is 27.0 Å². The topological polar surface area (TPSA) is 95.5 Å². The molecule has 1 aromatic carbocycles. The molecule has 3 heterocycles. The summed E-state index contributed by atoms with van der Waals surface area (Å²) < 4.78 is 37.2. The Morgan fingerprint density at radius 2 is 1.90 bits per heavy atom. The van der Waals surface area contributed by atoms with Crippen LogP contribution in [0.25, 0.3) is 10.9 Å². The molecule has 0 spiro atoms. The molecule has 10 heteroatoms. The van der Waals surface area contributed by atoms with Gasteiger partial charge in [0.15, 0.2) is 0 Å². The summed E-state index contributed by atoms with van der Waals surface area (Å²) in [6.07, 6.45) is -0.0423. The number of carboxylic acid groups (broad SMARTS) is 1. The number of aromatic nitrogens is 2. The summed E-state index contributed by atoms with van der Waals surface area (Å²) in [6.45, 7) is 2.21. The number of nitrogens with one attached hydrogen (secondary N) is 1. The molecule has 0 aliphatic carbocycles. The zero-order chi connectivity index (χ0) is 21.9. The lowest BCUT2D eigenvalue weighted by molar-refractivity contribution is -0.192. The van der Waals surface area contributed by atoms with Gasteiger partial charge in [0, 0.05) is 30.9 Å². The molecule has 0 fully saturated rings. The molecule has 0 amide bonds. The van der Waals surface area contributed by atoms with Crippen molar-refractivity contribution in [1.29, 1.82) is 0 Å². The maximum absolute atomic E-state index is 12.3. The van der Waals surface area contributed by atoms with E-state index in [-0.39, 0.29) is 12.6 Å². The number of aromatic amines is 1. The third-order valence-corrected chi connectivity index (χ3v) is 4.46. The Morgan fingerprint density at radius 1 is 1.20 bits per heavy atom. The predicted octanol–water partition coefficient (Wildman–Crippen LogP) is 3.50. The molecule has 0 saturated carbocycles. The molecular weight excluding hydrogens is 403 g/mol. The van der Waals surface area contributed by atoms with E-state index in [4.69, 9.17) is 14.6 Å². The number of halogens is 3. The maximum atomic E-state index is 12.3. The maximum Gasteiger partial charge on any atom is 0.490 e. The van der Waals surface area contributed by atoms with Gasteiger partial charge in [0.1, 0.15) is 6.61 Å². The number of ether oxygens (including phenoxy) is 1. The number of H-pyrrole nitrogens is 1. The van der Waals surface area contributed by atoms with Crippen molar-refractivity contribution in [3.05, 3.63) is 65.1 Å². The van der Waals surface area contributed by atoms with Crippen LogP contribution in [0.15, 0.2) is 42.9 Å². The molecule has 1 aliphatic rings. The Hall–Kier alpha value is -3.40. The predicted molar refractivity (Wildman–Crippen MR) is 101 cm³/mol. The number of hydrogen-bond donors (Lipinski definition) is 2. The largest absolute Gasteiger partial charge is 0.490 e. The minimum absolute atomic E-state index is 0.274. The summed E-state index contributed by atoms with van der Waals surface area (Å²) in [7, 11) is 2.10. The fourth-order valence-electron chi connectivity index (χ4n) is 3.08. The first-order chi connectivity index (χ1) is 14.1. The van der Waals surface area contributed by atoms with E-state index in [2.05, 4.69) is 34.0 Å². The van der Waals surface area contributed by atoms with Crippen LogP contribution in [0.2, 0.25) is 0 Å². The van der Waals surface area contributed by atoms with Crippen molar-refractivity contribution in [2.75, 3.05) is 7.05 Å². The number of esters is 1. The lowest BCUT2D eigenvalue weighted by atomic mass is 10.1. The first-order valence-corrected chi connectivity index (χ1v) is 8.82. The van der Waals surface area contributed by atoms with Crippen LogP contribution in [0.5, 0.6) is 0 Å². The van der Waals surface area contributed by atoms with Crippen molar-refractivity contribution < 1.29 is 32.6 Å². The SMILES string of the molecule is CN1Cc2ccc(COC(=O)c3cncc4[nH]ccc34)cc2C1.O=C(O)C(F)(F)F. The van der Waals surface area contributed by atoms with Gasteiger partial charge in [-0.2, -0.15) is 13.2 Å². The average molecular weight is 421 g/mol. The van der Waals surface area contributed by atoms with Crippen LogP contribution in [-0.2, 0) is 29.2 Å². The Kier molecular flexibility index (Phi) is 6.06. The Bertz CT molecular complexity index is 1080. The number of aliphatic carboxylic acids is 1. The standard InChI is InChI=1S/C18H17N3O2.C2HF3O2/c1-21-9-13-3-2-12(6-14(13)10-21)11-23-18(22)16-7-19-8-17-15(16)4-5-20-17;3-2(4,5)1(6)7/h2-8,20H,9-11H2,1H3;(H,6,7). The van der Waals surface area contributed by atoms with Crippen LogP contribution < -0.4 is 0 Å². The molecule has 7 nitrogen and oxygen atoms in total. The fraction of sp³-hybridized carbons (Fsp3) is 0.250. The Morgan fingerprint density at radius 3 is 2.60 bits per heavy atom. The zero-order valence-electron chi connectivity index (χ0n) is 15.9. The van der Waals surface area contributed by atoms with Crippen molar-refractivity contribution >= 4 is 22.8 Å². The van der Waals surface area contributed by atoms with E-state index >= 15 is 0 Å². The molecule has 2 aromatic heterocycles. The van der Waals surface area contributed by atoms with Crippen LogP contribution >= 0.6 is 0 Å². The highest BCUT2D eigenvalue weighted by Gasteiger charge is 2.38. The molecule has 4 rings (SSSR count). The van der Waals surface area contributed by atoms with Crippen LogP contribution in [0.3, 0.4) is 0 Å². The van der Waals surface area contributed by atoms with Gasteiger partial charge in [-0.15, -0.1) is 0 Å². The average Bonchev–Trinajstić information content (AvgIpc) is 3.30. The van der Waals surface area contributed by atoms with Crippen molar-refractivity contribution in [3.8, 4) is 0 Å². The minimum atomic E-state index is -5.08. The zero-order valence-corrected chi connectivity index (χ0v) is 15.9. The summed E-state index contributed by atoms with van der Waals surface area (Å²) in [4.78, 5) is 30.6. The fourth-order valence-corrected chi connectivity index (χ4v) is 3.08. The third-order valence-electron chi connectivity index (χ3n) is 4.46. The molecule has 30 heavy (non-hydrogen) atoms. The number of nitrogens with zero attached hydrogens (tertiary/aromatic N) is 2. The van der Waals surface area contributed by atoms with Crippen LogP contribution in [0.4, 0.5) is 13.2 Å². The van der Waals surface area contributed by atoms with Gasteiger partial charge in [-0.05, 0) is 29.8 Å². The smallest absolute Gasteiger partial charge is 0.475 e. The lowest BCUT2D eigenvalue weighted by Gasteiger charge is -2.07. The molecule has 0 unspecified atom stereocenters. The number of carbonyl (C=O) groups excluding carboxylic acids is 1.